The van der Waals surface area contributed by atoms with E-state index < -0.39 is 19.7 Å². The van der Waals surface area contributed by atoms with E-state index in [1.165, 1.54) is 44.0 Å². The van der Waals surface area contributed by atoms with Crippen LogP contribution in [0.4, 0.5) is 0 Å². The second kappa shape index (κ2) is 18.4. The molecule has 0 aliphatic heterocycles. The summed E-state index contributed by atoms with van der Waals surface area (Å²) >= 11 is 0. The van der Waals surface area contributed by atoms with Gasteiger partial charge < -0.3 is 9.05 Å². The normalized spacial score (nSPS) is 12.1. The number of rotatable bonds is 20. The maximum Gasteiger partial charge on any atom is 0.340 e. The minimum atomic E-state index is -3.51. The summed E-state index contributed by atoms with van der Waals surface area (Å²) in [5.74, 6) is 0.758. The maximum atomic E-state index is 12.8. The zero-order chi connectivity index (χ0) is 22.0. The number of hydrogen-bond acceptors (Lipinski definition) is 5. The largest absolute Gasteiger partial charge is 0.340 e. The summed E-state index contributed by atoms with van der Waals surface area (Å²) in [5, 5.41) is 8.73. The number of hydrogen-bond donors (Lipinski definition) is 2. The van der Waals surface area contributed by atoms with Crippen molar-refractivity contribution >= 4 is 13.5 Å². The molecule has 0 atom stereocenters. The molecule has 174 valence electrons. The van der Waals surface area contributed by atoms with Crippen LogP contribution in [0, 0.1) is 11.8 Å². The van der Waals surface area contributed by atoms with Crippen LogP contribution < -0.4 is 5.48 Å². The topological polar surface area (TPSA) is 84.9 Å². The molecule has 0 saturated carbocycles. The Morgan fingerprint density at radius 2 is 1.14 bits per heavy atom. The first-order valence-corrected chi connectivity index (χ1v) is 13.3. The Balaban J connectivity index is 3.99. The van der Waals surface area contributed by atoms with E-state index in [-0.39, 0.29) is 0 Å². The van der Waals surface area contributed by atoms with Crippen molar-refractivity contribution < 1.29 is 23.6 Å². The van der Waals surface area contributed by atoms with Gasteiger partial charge in [-0.2, -0.15) is 0 Å². The summed E-state index contributed by atoms with van der Waals surface area (Å²) in [6.45, 7) is 9.58. The molecule has 0 aromatic heterocycles. The molecule has 0 fully saturated rings. The Bertz CT molecular complexity index is 415. The van der Waals surface area contributed by atoms with Gasteiger partial charge in [-0.1, -0.05) is 91.9 Å². The fraction of sp³-hybridized carbons (Fsp3) is 0.955. The number of carbonyl (C=O) groups is 1. The molecule has 6 nitrogen and oxygen atoms in total. The van der Waals surface area contributed by atoms with Crippen LogP contribution in [0.15, 0.2) is 0 Å². The lowest BCUT2D eigenvalue weighted by atomic mass is 10.0. The summed E-state index contributed by atoms with van der Waals surface area (Å²) in [4.78, 5) is 11.5. The van der Waals surface area contributed by atoms with Crippen molar-refractivity contribution in [2.24, 2.45) is 11.8 Å². The molecule has 0 aliphatic rings. The molecule has 1 amide bonds. The van der Waals surface area contributed by atoms with E-state index in [1.807, 2.05) is 0 Å². The van der Waals surface area contributed by atoms with Gasteiger partial charge in [0, 0.05) is 0 Å². The Labute approximate surface area is 179 Å². The van der Waals surface area contributed by atoms with Crippen LogP contribution in [0.25, 0.3) is 0 Å². The zero-order valence-electron chi connectivity index (χ0n) is 19.3. The molecule has 29 heavy (non-hydrogen) atoms. The number of amides is 1. The van der Waals surface area contributed by atoms with Crippen molar-refractivity contribution in [3.63, 3.8) is 0 Å². The van der Waals surface area contributed by atoms with Gasteiger partial charge in [0.15, 0.2) is 0 Å². The highest BCUT2D eigenvalue weighted by Crippen LogP contribution is 2.48. The summed E-state index contributed by atoms with van der Waals surface area (Å²) < 4.78 is 23.7. The zero-order valence-corrected chi connectivity index (χ0v) is 20.2. The van der Waals surface area contributed by atoms with Crippen LogP contribution >= 0.6 is 7.60 Å². The average Bonchev–Trinajstić information content (AvgIpc) is 2.65. The maximum absolute atomic E-state index is 12.8. The fourth-order valence-electron chi connectivity index (χ4n) is 3.12. The first-order valence-electron chi connectivity index (χ1n) is 11.6. The molecule has 0 spiro atoms. The van der Waals surface area contributed by atoms with Crippen molar-refractivity contribution in [1.29, 1.82) is 0 Å². The SMILES string of the molecule is CC(C)CCCCCCCOP(=O)(CC(=O)NO)OCCCCCCCC(C)C. The van der Waals surface area contributed by atoms with Gasteiger partial charge in [-0.15, -0.1) is 0 Å². The van der Waals surface area contributed by atoms with Crippen LogP contribution in [0.5, 0.6) is 0 Å². The van der Waals surface area contributed by atoms with Crippen molar-refractivity contribution in [2.45, 2.75) is 105 Å². The molecule has 0 saturated heterocycles. The Hall–Kier alpha value is -0.420. The van der Waals surface area contributed by atoms with Crippen LogP contribution in [-0.4, -0.2) is 30.5 Å². The van der Waals surface area contributed by atoms with Crippen LogP contribution in [-0.2, 0) is 18.4 Å². The minimum Gasteiger partial charge on any atom is -0.308 e. The summed E-state index contributed by atoms with van der Waals surface area (Å²) in [5.41, 5.74) is 1.52. The molecule has 0 heterocycles. The lowest BCUT2D eigenvalue weighted by Gasteiger charge is -2.18. The second-order valence-corrected chi connectivity index (χ2v) is 10.9. The molecule has 0 aromatic rings. The predicted molar refractivity (Wildman–Crippen MR) is 119 cm³/mol. The Kier molecular flexibility index (Phi) is 18.1. The van der Waals surface area contributed by atoms with Gasteiger partial charge in [0.05, 0.1) is 13.2 Å². The lowest BCUT2D eigenvalue weighted by Crippen LogP contribution is -2.23. The van der Waals surface area contributed by atoms with Gasteiger partial charge in [-0.05, 0) is 24.7 Å². The van der Waals surface area contributed by atoms with Crippen molar-refractivity contribution in [3.8, 4) is 0 Å². The lowest BCUT2D eigenvalue weighted by molar-refractivity contribution is -0.126. The van der Waals surface area contributed by atoms with Crippen LogP contribution in [0.1, 0.15) is 105 Å². The summed E-state index contributed by atoms with van der Waals surface area (Å²) in [6.07, 6.45) is 12.9. The van der Waals surface area contributed by atoms with Crippen molar-refractivity contribution in [1.82, 2.24) is 5.48 Å². The quantitative estimate of drug-likeness (QED) is 0.0960. The monoisotopic (exact) mass is 435 g/mol. The molecule has 0 aromatic carbocycles. The molecule has 0 rings (SSSR count). The minimum absolute atomic E-state index is 0.315. The molecule has 7 heteroatoms. The molecule has 0 radical (unpaired) electrons. The van der Waals surface area contributed by atoms with Crippen molar-refractivity contribution in [2.75, 3.05) is 19.4 Å². The first kappa shape index (κ1) is 28.6. The van der Waals surface area contributed by atoms with Gasteiger partial charge in [-0.3, -0.25) is 14.6 Å². The molecular weight excluding hydrogens is 389 g/mol. The van der Waals surface area contributed by atoms with E-state index in [1.54, 1.807) is 0 Å². The number of carbonyl (C=O) groups excluding carboxylic acids is 1. The highest BCUT2D eigenvalue weighted by molar-refractivity contribution is 7.54. The molecule has 0 bridgehead atoms. The van der Waals surface area contributed by atoms with Gasteiger partial charge in [0.1, 0.15) is 6.16 Å². The fourth-order valence-corrected chi connectivity index (χ4v) is 4.61. The molecule has 0 unspecified atom stereocenters. The average molecular weight is 436 g/mol. The van der Waals surface area contributed by atoms with E-state index in [0.29, 0.717) is 13.2 Å². The summed E-state index contributed by atoms with van der Waals surface area (Å²) in [6, 6.07) is 0. The van der Waals surface area contributed by atoms with Crippen LogP contribution in [0.3, 0.4) is 0 Å². The van der Waals surface area contributed by atoms with Gasteiger partial charge in [0.2, 0.25) is 0 Å². The number of nitrogens with one attached hydrogen (secondary N) is 1. The predicted octanol–water partition coefficient (Wildman–Crippen LogP) is 6.71. The third-order valence-corrected chi connectivity index (χ3v) is 6.72. The van der Waals surface area contributed by atoms with Gasteiger partial charge in [0.25, 0.3) is 5.91 Å². The third kappa shape index (κ3) is 19.3. The molecule has 0 aliphatic carbocycles. The highest BCUT2D eigenvalue weighted by atomic mass is 31.2. The smallest absolute Gasteiger partial charge is 0.308 e. The van der Waals surface area contributed by atoms with Gasteiger partial charge in [-0.25, -0.2) is 5.48 Å². The molecule has 2 N–H and O–H groups in total. The highest BCUT2D eigenvalue weighted by Gasteiger charge is 2.28. The molecular formula is C22H46NO5P. The summed E-state index contributed by atoms with van der Waals surface area (Å²) in [7, 11) is -3.51. The van der Waals surface area contributed by atoms with Crippen molar-refractivity contribution in [3.05, 3.63) is 0 Å². The Morgan fingerprint density at radius 3 is 1.52 bits per heavy atom. The second-order valence-electron chi connectivity index (χ2n) is 8.87. The Morgan fingerprint density at radius 1 is 0.759 bits per heavy atom. The van der Waals surface area contributed by atoms with Gasteiger partial charge >= 0.3 is 7.60 Å². The first-order chi connectivity index (χ1) is 13.8. The number of unbranched alkanes of at least 4 members (excludes halogenated alkanes) is 8. The van der Waals surface area contributed by atoms with Crippen LogP contribution in [0.2, 0.25) is 0 Å². The van der Waals surface area contributed by atoms with E-state index in [0.717, 1.165) is 50.4 Å². The van der Waals surface area contributed by atoms with E-state index in [9.17, 15) is 9.36 Å². The number of hydroxylamine groups is 1. The van der Waals surface area contributed by atoms with E-state index in [4.69, 9.17) is 14.3 Å². The van der Waals surface area contributed by atoms with E-state index in [2.05, 4.69) is 27.7 Å². The third-order valence-electron chi connectivity index (χ3n) is 4.89. The van der Waals surface area contributed by atoms with E-state index >= 15 is 0 Å². The standard InChI is InChI=1S/C22H46NO5P/c1-20(2)15-11-7-5-9-13-17-27-29(26,19-22(24)23-25)28-18-14-10-6-8-12-16-21(3)4/h20-21,25H,5-19H2,1-4H3,(H,23,24).